The van der Waals surface area contributed by atoms with E-state index in [1.54, 1.807) is 0 Å². The van der Waals surface area contributed by atoms with E-state index in [1.807, 2.05) is 0 Å². The highest BCUT2D eigenvalue weighted by atomic mass is 15.2. The summed E-state index contributed by atoms with van der Waals surface area (Å²) in [4.78, 5) is 2.74. The van der Waals surface area contributed by atoms with Crippen LogP contribution in [0.3, 0.4) is 0 Å². The third kappa shape index (κ3) is 1.82. The van der Waals surface area contributed by atoms with Crippen LogP contribution in [-0.4, -0.2) is 24.0 Å². The van der Waals surface area contributed by atoms with Crippen LogP contribution in [0.25, 0.3) is 0 Å². The average molecular weight is 167 g/mol. The Hall–Kier alpha value is -0.0400. The van der Waals surface area contributed by atoms with E-state index < -0.39 is 0 Å². The van der Waals surface area contributed by atoms with Gasteiger partial charge in [0.1, 0.15) is 0 Å². The van der Waals surface area contributed by atoms with Crippen LogP contribution in [0.2, 0.25) is 0 Å². The van der Waals surface area contributed by atoms with Crippen LogP contribution in [0, 0.1) is 5.92 Å². The summed E-state index contributed by atoms with van der Waals surface area (Å²) < 4.78 is 0. The standard InChI is InChI=1S/C11H21N/c1-10-7-8-12(9-10)11-5-3-2-4-6-11/h10-11H,2-9H2,1H3. The molecule has 2 rings (SSSR count). The molecule has 0 amide bonds. The van der Waals surface area contributed by atoms with Crippen LogP contribution in [0.1, 0.15) is 45.4 Å². The van der Waals surface area contributed by atoms with Crippen LogP contribution in [-0.2, 0) is 0 Å². The lowest BCUT2D eigenvalue weighted by Gasteiger charge is -2.30. The smallest absolute Gasteiger partial charge is 0.00953 e. The van der Waals surface area contributed by atoms with Crippen molar-refractivity contribution >= 4 is 0 Å². The molecule has 1 saturated carbocycles. The largest absolute Gasteiger partial charge is 0.300 e. The molecule has 12 heavy (non-hydrogen) atoms. The lowest BCUT2D eigenvalue weighted by atomic mass is 9.94. The fourth-order valence-corrected chi connectivity index (χ4v) is 2.75. The summed E-state index contributed by atoms with van der Waals surface area (Å²) in [6.45, 7) is 5.15. The van der Waals surface area contributed by atoms with Gasteiger partial charge in [-0.3, -0.25) is 0 Å². The summed E-state index contributed by atoms with van der Waals surface area (Å²) in [6.07, 6.45) is 8.85. The van der Waals surface area contributed by atoms with Gasteiger partial charge >= 0.3 is 0 Å². The molecular weight excluding hydrogens is 146 g/mol. The summed E-state index contributed by atoms with van der Waals surface area (Å²) in [5.74, 6) is 0.965. The number of rotatable bonds is 1. The number of hydrogen-bond donors (Lipinski definition) is 0. The topological polar surface area (TPSA) is 3.24 Å². The Labute approximate surface area is 76.1 Å². The molecule has 1 heteroatoms. The molecule has 0 N–H and O–H groups in total. The van der Waals surface area contributed by atoms with Crippen molar-refractivity contribution in [2.75, 3.05) is 13.1 Å². The van der Waals surface area contributed by atoms with Crippen LogP contribution in [0.4, 0.5) is 0 Å². The van der Waals surface area contributed by atoms with Crippen LogP contribution in [0.5, 0.6) is 0 Å². The maximum atomic E-state index is 2.74. The summed E-state index contributed by atoms with van der Waals surface area (Å²) in [5.41, 5.74) is 0. The summed E-state index contributed by atoms with van der Waals surface area (Å²) >= 11 is 0. The van der Waals surface area contributed by atoms with Gasteiger partial charge < -0.3 is 4.90 Å². The number of nitrogens with zero attached hydrogens (tertiary/aromatic N) is 1. The van der Waals surface area contributed by atoms with E-state index in [4.69, 9.17) is 0 Å². The predicted molar refractivity (Wildman–Crippen MR) is 52.2 cm³/mol. The van der Waals surface area contributed by atoms with Crippen molar-refractivity contribution in [3.63, 3.8) is 0 Å². The van der Waals surface area contributed by atoms with Gasteiger partial charge in [-0.25, -0.2) is 0 Å². The van der Waals surface area contributed by atoms with Crippen molar-refractivity contribution in [2.45, 2.75) is 51.5 Å². The van der Waals surface area contributed by atoms with E-state index >= 15 is 0 Å². The fraction of sp³-hybridized carbons (Fsp3) is 1.00. The first-order valence-corrected chi connectivity index (χ1v) is 5.60. The predicted octanol–water partition coefficient (Wildman–Crippen LogP) is 2.66. The van der Waals surface area contributed by atoms with Gasteiger partial charge in [0.25, 0.3) is 0 Å². The fourth-order valence-electron chi connectivity index (χ4n) is 2.75. The average Bonchev–Trinajstić information content (AvgIpc) is 2.54. The Bertz CT molecular complexity index is 135. The molecule has 0 spiro atoms. The van der Waals surface area contributed by atoms with E-state index in [2.05, 4.69) is 11.8 Å². The lowest BCUT2D eigenvalue weighted by Crippen LogP contribution is -2.34. The second-order valence-corrected chi connectivity index (χ2v) is 4.68. The van der Waals surface area contributed by atoms with Gasteiger partial charge in [-0.05, 0) is 31.7 Å². The third-order valence-corrected chi connectivity index (χ3v) is 3.55. The highest BCUT2D eigenvalue weighted by Gasteiger charge is 2.26. The van der Waals surface area contributed by atoms with Gasteiger partial charge in [0, 0.05) is 12.6 Å². The molecule has 0 radical (unpaired) electrons. The highest BCUT2D eigenvalue weighted by Crippen LogP contribution is 2.27. The molecule has 1 aliphatic carbocycles. The maximum Gasteiger partial charge on any atom is 0.00953 e. The van der Waals surface area contributed by atoms with E-state index in [9.17, 15) is 0 Å². The normalized spacial score (nSPS) is 34.2. The van der Waals surface area contributed by atoms with Gasteiger partial charge in [-0.15, -0.1) is 0 Å². The first kappa shape index (κ1) is 8.55. The highest BCUT2D eigenvalue weighted by molar-refractivity contribution is 4.81. The van der Waals surface area contributed by atoms with Gasteiger partial charge in [0.15, 0.2) is 0 Å². The minimum Gasteiger partial charge on any atom is -0.300 e. The zero-order chi connectivity index (χ0) is 8.39. The Balaban J connectivity index is 1.83. The second-order valence-electron chi connectivity index (χ2n) is 4.68. The zero-order valence-electron chi connectivity index (χ0n) is 8.26. The van der Waals surface area contributed by atoms with E-state index in [0.717, 1.165) is 12.0 Å². The first-order chi connectivity index (χ1) is 5.86. The minimum absolute atomic E-state index is 0.962. The number of hydrogen-bond acceptors (Lipinski definition) is 1. The Kier molecular flexibility index (Phi) is 2.69. The number of likely N-dealkylation sites (tertiary alicyclic amines) is 1. The van der Waals surface area contributed by atoms with Crippen molar-refractivity contribution in [3.05, 3.63) is 0 Å². The van der Waals surface area contributed by atoms with Crippen molar-refractivity contribution in [1.29, 1.82) is 0 Å². The first-order valence-electron chi connectivity index (χ1n) is 5.60. The van der Waals surface area contributed by atoms with Gasteiger partial charge in [-0.1, -0.05) is 26.2 Å². The van der Waals surface area contributed by atoms with Gasteiger partial charge in [0.2, 0.25) is 0 Å². The molecule has 0 aromatic carbocycles. The van der Waals surface area contributed by atoms with Crippen molar-refractivity contribution in [2.24, 2.45) is 5.92 Å². The van der Waals surface area contributed by atoms with Crippen molar-refractivity contribution in [3.8, 4) is 0 Å². The monoisotopic (exact) mass is 167 g/mol. The molecule has 1 saturated heterocycles. The van der Waals surface area contributed by atoms with E-state index in [0.29, 0.717) is 0 Å². The molecule has 1 nitrogen and oxygen atoms in total. The molecule has 1 unspecified atom stereocenters. The van der Waals surface area contributed by atoms with Gasteiger partial charge in [-0.2, -0.15) is 0 Å². The van der Waals surface area contributed by atoms with Crippen LogP contribution < -0.4 is 0 Å². The van der Waals surface area contributed by atoms with Crippen molar-refractivity contribution < 1.29 is 0 Å². The zero-order valence-corrected chi connectivity index (χ0v) is 8.26. The third-order valence-electron chi connectivity index (χ3n) is 3.55. The quantitative estimate of drug-likeness (QED) is 0.580. The molecule has 1 atom stereocenters. The SMILES string of the molecule is CC1CCN(C2CCCCC2)C1. The Morgan fingerprint density at radius 2 is 1.75 bits per heavy atom. The minimum atomic E-state index is 0.962. The van der Waals surface area contributed by atoms with Gasteiger partial charge in [0.05, 0.1) is 0 Å². The molecule has 1 heterocycles. The summed E-state index contributed by atoms with van der Waals surface area (Å²) in [7, 11) is 0. The lowest BCUT2D eigenvalue weighted by molar-refractivity contribution is 0.186. The molecule has 70 valence electrons. The van der Waals surface area contributed by atoms with E-state index in [-0.39, 0.29) is 0 Å². The molecule has 0 aromatic heterocycles. The van der Waals surface area contributed by atoms with E-state index in [1.165, 1.54) is 51.6 Å². The summed E-state index contributed by atoms with van der Waals surface area (Å²) in [5, 5.41) is 0. The molecule has 0 aromatic rings. The molecule has 1 aliphatic heterocycles. The second kappa shape index (κ2) is 3.78. The van der Waals surface area contributed by atoms with Crippen molar-refractivity contribution in [1.82, 2.24) is 4.90 Å². The Morgan fingerprint density at radius 3 is 2.33 bits per heavy atom. The molecular formula is C11H21N. The molecule has 2 fully saturated rings. The van der Waals surface area contributed by atoms with Crippen LogP contribution >= 0.6 is 0 Å². The van der Waals surface area contributed by atoms with Crippen LogP contribution in [0.15, 0.2) is 0 Å². The Morgan fingerprint density at radius 1 is 1.00 bits per heavy atom. The maximum absolute atomic E-state index is 2.74. The summed E-state index contributed by atoms with van der Waals surface area (Å²) in [6, 6.07) is 0.962. The molecule has 2 aliphatic rings. The molecule has 0 bridgehead atoms.